The summed E-state index contributed by atoms with van der Waals surface area (Å²) < 4.78 is 0. The molecule has 98 valence electrons. The van der Waals surface area contributed by atoms with Crippen LogP contribution in [0.1, 0.15) is 18.4 Å². The maximum atomic E-state index is 11.8. The third-order valence-corrected chi connectivity index (χ3v) is 3.99. The summed E-state index contributed by atoms with van der Waals surface area (Å²) in [6, 6.07) is 8.54. The molecule has 1 atom stereocenters. The van der Waals surface area contributed by atoms with Gasteiger partial charge in [-0.25, -0.2) is 0 Å². The average Bonchev–Trinajstić information content (AvgIpc) is 2.93. The first-order valence-electron chi connectivity index (χ1n) is 6.43. The number of nitrogens with one attached hydrogen (secondary N) is 2. The van der Waals surface area contributed by atoms with Crippen molar-refractivity contribution in [3.05, 3.63) is 29.8 Å². The Hall–Kier alpha value is -1.00. The van der Waals surface area contributed by atoms with Crippen molar-refractivity contribution in [2.75, 3.05) is 19.3 Å². The van der Waals surface area contributed by atoms with Crippen LogP contribution in [-0.2, 0) is 11.2 Å². The van der Waals surface area contributed by atoms with Crippen LogP contribution in [0.2, 0.25) is 0 Å². The van der Waals surface area contributed by atoms with Crippen LogP contribution in [0, 0.1) is 0 Å². The zero-order valence-corrected chi connectivity index (χ0v) is 11.6. The number of carbonyl (C=O) groups excluding carboxylic acids is 1. The van der Waals surface area contributed by atoms with Gasteiger partial charge >= 0.3 is 0 Å². The van der Waals surface area contributed by atoms with Crippen LogP contribution in [0.4, 0.5) is 0 Å². The average molecular weight is 264 g/mol. The highest BCUT2D eigenvalue weighted by molar-refractivity contribution is 7.98. The van der Waals surface area contributed by atoms with Crippen molar-refractivity contribution in [1.82, 2.24) is 10.6 Å². The van der Waals surface area contributed by atoms with Crippen molar-refractivity contribution in [1.29, 1.82) is 0 Å². The summed E-state index contributed by atoms with van der Waals surface area (Å²) in [7, 11) is 0. The van der Waals surface area contributed by atoms with Gasteiger partial charge in [-0.2, -0.15) is 0 Å². The molecule has 0 aromatic heterocycles. The third kappa shape index (κ3) is 3.75. The normalized spacial score (nSPS) is 18.8. The molecule has 1 aromatic carbocycles. The Balaban J connectivity index is 1.72. The zero-order chi connectivity index (χ0) is 12.8. The van der Waals surface area contributed by atoms with Gasteiger partial charge in [-0.05, 0) is 49.8 Å². The molecule has 1 amide bonds. The largest absolute Gasteiger partial charge is 0.354 e. The van der Waals surface area contributed by atoms with Crippen LogP contribution in [0.3, 0.4) is 0 Å². The topological polar surface area (TPSA) is 41.1 Å². The molecule has 0 saturated carbocycles. The van der Waals surface area contributed by atoms with Crippen LogP contribution >= 0.6 is 11.8 Å². The van der Waals surface area contributed by atoms with Crippen LogP contribution in [0.25, 0.3) is 0 Å². The number of hydrogen-bond donors (Lipinski definition) is 2. The van der Waals surface area contributed by atoms with Crippen LogP contribution < -0.4 is 10.6 Å². The van der Waals surface area contributed by atoms with E-state index in [9.17, 15) is 4.79 Å². The summed E-state index contributed by atoms with van der Waals surface area (Å²) in [4.78, 5) is 13.0. The highest BCUT2D eigenvalue weighted by Gasteiger charge is 2.20. The lowest BCUT2D eigenvalue weighted by Gasteiger charge is -2.11. The fraction of sp³-hybridized carbons (Fsp3) is 0.500. The summed E-state index contributed by atoms with van der Waals surface area (Å²) in [6.07, 6.45) is 5.04. The predicted molar refractivity (Wildman–Crippen MR) is 76.0 cm³/mol. The first-order chi connectivity index (χ1) is 8.79. The monoisotopic (exact) mass is 264 g/mol. The molecule has 3 nitrogen and oxygen atoms in total. The first-order valence-corrected chi connectivity index (χ1v) is 7.66. The molecule has 0 spiro atoms. The van der Waals surface area contributed by atoms with Crippen molar-refractivity contribution in [2.24, 2.45) is 0 Å². The minimum Gasteiger partial charge on any atom is -0.354 e. The number of hydrogen-bond acceptors (Lipinski definition) is 3. The quantitative estimate of drug-likeness (QED) is 0.797. The molecule has 0 bridgehead atoms. The fourth-order valence-corrected chi connectivity index (χ4v) is 2.56. The molecule has 2 N–H and O–H groups in total. The molecule has 0 radical (unpaired) electrons. The lowest BCUT2D eigenvalue weighted by atomic mass is 10.1. The maximum absolute atomic E-state index is 11.8. The molecule has 1 heterocycles. The van der Waals surface area contributed by atoms with Gasteiger partial charge in [0.25, 0.3) is 0 Å². The van der Waals surface area contributed by atoms with E-state index in [0.717, 1.165) is 32.4 Å². The third-order valence-electron chi connectivity index (χ3n) is 3.25. The molecule has 1 fully saturated rings. The highest BCUT2D eigenvalue weighted by atomic mass is 32.2. The van der Waals surface area contributed by atoms with Crippen molar-refractivity contribution in [3.8, 4) is 0 Å². The lowest BCUT2D eigenvalue weighted by molar-refractivity contribution is -0.122. The van der Waals surface area contributed by atoms with Crippen LogP contribution in [-0.4, -0.2) is 31.3 Å². The Bertz CT molecular complexity index is 385. The van der Waals surface area contributed by atoms with E-state index in [4.69, 9.17) is 0 Å². The molecule has 1 aliphatic rings. The zero-order valence-electron chi connectivity index (χ0n) is 10.7. The van der Waals surface area contributed by atoms with Crippen molar-refractivity contribution in [3.63, 3.8) is 0 Å². The van der Waals surface area contributed by atoms with Gasteiger partial charge in [-0.1, -0.05) is 12.1 Å². The Morgan fingerprint density at radius 3 is 2.83 bits per heavy atom. The van der Waals surface area contributed by atoms with Crippen LogP contribution in [0.15, 0.2) is 29.2 Å². The van der Waals surface area contributed by atoms with Gasteiger partial charge in [0.05, 0.1) is 6.04 Å². The maximum Gasteiger partial charge on any atom is 0.237 e. The lowest BCUT2D eigenvalue weighted by Crippen LogP contribution is -2.41. The number of rotatable bonds is 5. The Labute approximate surface area is 113 Å². The highest BCUT2D eigenvalue weighted by Crippen LogP contribution is 2.14. The molecule has 1 saturated heterocycles. The van der Waals surface area contributed by atoms with E-state index in [-0.39, 0.29) is 11.9 Å². The second-order valence-electron chi connectivity index (χ2n) is 4.54. The number of benzene rings is 1. The molecular weight excluding hydrogens is 244 g/mol. The number of carbonyl (C=O) groups is 1. The molecule has 18 heavy (non-hydrogen) atoms. The van der Waals surface area contributed by atoms with Gasteiger partial charge in [0.15, 0.2) is 0 Å². The Kier molecular flexibility index (Phi) is 5.08. The van der Waals surface area contributed by atoms with Gasteiger partial charge < -0.3 is 10.6 Å². The van der Waals surface area contributed by atoms with E-state index >= 15 is 0 Å². The number of amides is 1. The smallest absolute Gasteiger partial charge is 0.237 e. The predicted octanol–water partition coefficient (Wildman–Crippen LogP) is 1.82. The summed E-state index contributed by atoms with van der Waals surface area (Å²) >= 11 is 1.75. The van der Waals surface area contributed by atoms with Gasteiger partial charge in [-0.15, -0.1) is 11.8 Å². The van der Waals surface area contributed by atoms with Crippen molar-refractivity contribution >= 4 is 17.7 Å². The van der Waals surface area contributed by atoms with E-state index < -0.39 is 0 Å². The molecule has 1 unspecified atom stereocenters. The SMILES string of the molecule is CSc1ccc(CCNC(=O)C2CCCN2)cc1. The molecular formula is C14H20N2OS. The number of thioether (sulfide) groups is 1. The van der Waals surface area contributed by atoms with E-state index in [1.807, 2.05) is 0 Å². The van der Waals surface area contributed by atoms with Gasteiger partial charge in [0, 0.05) is 11.4 Å². The van der Waals surface area contributed by atoms with Crippen molar-refractivity contribution in [2.45, 2.75) is 30.2 Å². The minimum atomic E-state index is 0.0314. The first kappa shape index (κ1) is 13.4. The summed E-state index contributed by atoms with van der Waals surface area (Å²) in [5, 5.41) is 6.20. The van der Waals surface area contributed by atoms with E-state index in [1.54, 1.807) is 11.8 Å². The van der Waals surface area contributed by atoms with E-state index in [2.05, 4.69) is 41.2 Å². The summed E-state index contributed by atoms with van der Waals surface area (Å²) in [6.45, 7) is 1.68. The second-order valence-corrected chi connectivity index (χ2v) is 5.42. The molecule has 2 rings (SSSR count). The fourth-order valence-electron chi connectivity index (χ4n) is 2.15. The second kappa shape index (κ2) is 6.81. The molecule has 1 aromatic rings. The Morgan fingerprint density at radius 1 is 1.44 bits per heavy atom. The van der Waals surface area contributed by atoms with Gasteiger partial charge in [0.2, 0.25) is 5.91 Å². The van der Waals surface area contributed by atoms with E-state index in [0.29, 0.717) is 0 Å². The molecule has 1 aliphatic heterocycles. The minimum absolute atomic E-state index is 0.0314. The van der Waals surface area contributed by atoms with Crippen molar-refractivity contribution < 1.29 is 4.79 Å². The molecule has 4 heteroatoms. The van der Waals surface area contributed by atoms with E-state index in [1.165, 1.54) is 10.5 Å². The molecule has 0 aliphatic carbocycles. The van der Waals surface area contributed by atoms with Gasteiger partial charge in [-0.3, -0.25) is 4.79 Å². The Morgan fingerprint density at radius 2 is 2.22 bits per heavy atom. The summed E-state index contributed by atoms with van der Waals surface area (Å²) in [5.41, 5.74) is 1.27. The summed E-state index contributed by atoms with van der Waals surface area (Å²) in [5.74, 6) is 0.147. The standard InChI is InChI=1S/C14H20N2OS/c1-18-12-6-4-11(5-7-12)8-10-16-14(17)13-3-2-9-15-13/h4-7,13,15H,2-3,8-10H2,1H3,(H,16,17). The van der Waals surface area contributed by atoms with Gasteiger partial charge in [0.1, 0.15) is 0 Å². The van der Waals surface area contributed by atoms with Crippen LogP contribution in [0.5, 0.6) is 0 Å².